The van der Waals surface area contributed by atoms with Crippen molar-refractivity contribution in [2.75, 3.05) is 23.7 Å². The first-order valence-electron chi connectivity index (χ1n) is 6.38. The lowest BCUT2D eigenvalue weighted by Crippen LogP contribution is -2.26. The van der Waals surface area contributed by atoms with Gasteiger partial charge in [-0.1, -0.05) is 18.2 Å². The Morgan fingerprint density at radius 2 is 1.40 bits per heavy atom. The van der Waals surface area contributed by atoms with E-state index in [9.17, 15) is 0 Å². The monoisotopic (exact) mass is 288 g/mol. The standard InChI is InChI=1S/C15H16N4.ClH/c1-2-4-12(5-3-1)18-13-6-8-14(9-7-13)19-15-16-10-11-17-15;/h1-9,18H,10-11H2,(H2,16,17,19);1H. The van der Waals surface area contributed by atoms with E-state index < -0.39 is 0 Å². The topological polar surface area (TPSA) is 48.5 Å². The van der Waals surface area contributed by atoms with Gasteiger partial charge < -0.3 is 16.0 Å². The number of halogens is 1. The minimum Gasteiger partial charge on any atom is -0.356 e. The van der Waals surface area contributed by atoms with Crippen molar-refractivity contribution < 1.29 is 0 Å². The Bertz CT molecular complexity index is 566. The maximum absolute atomic E-state index is 4.30. The largest absolute Gasteiger partial charge is 0.356 e. The maximum atomic E-state index is 4.30. The van der Waals surface area contributed by atoms with Gasteiger partial charge in [0.2, 0.25) is 0 Å². The molecule has 4 nitrogen and oxygen atoms in total. The first-order chi connectivity index (χ1) is 9.40. The number of nitrogens with one attached hydrogen (secondary N) is 3. The number of hydrogen-bond acceptors (Lipinski definition) is 4. The third-order valence-corrected chi connectivity index (χ3v) is 2.88. The lowest BCUT2D eigenvalue weighted by Gasteiger charge is -2.09. The van der Waals surface area contributed by atoms with Crippen molar-refractivity contribution >= 4 is 35.4 Å². The van der Waals surface area contributed by atoms with Crippen LogP contribution in [0.15, 0.2) is 59.6 Å². The summed E-state index contributed by atoms with van der Waals surface area (Å²) in [7, 11) is 0. The van der Waals surface area contributed by atoms with Crippen LogP contribution in [-0.4, -0.2) is 19.0 Å². The molecule has 0 bridgehead atoms. The van der Waals surface area contributed by atoms with Gasteiger partial charge in [-0.25, -0.2) is 0 Å². The summed E-state index contributed by atoms with van der Waals surface area (Å²) in [5.74, 6) is 0.851. The highest BCUT2D eigenvalue weighted by Gasteiger charge is 2.04. The quantitative estimate of drug-likeness (QED) is 0.813. The average molecular weight is 289 g/mol. The maximum Gasteiger partial charge on any atom is 0.195 e. The summed E-state index contributed by atoms with van der Waals surface area (Å²) >= 11 is 0. The van der Waals surface area contributed by atoms with Crippen molar-refractivity contribution in [3.8, 4) is 0 Å². The molecule has 0 saturated carbocycles. The number of hydrogen-bond donors (Lipinski definition) is 3. The zero-order chi connectivity index (χ0) is 12.9. The van der Waals surface area contributed by atoms with Crippen molar-refractivity contribution in [1.29, 1.82) is 0 Å². The molecule has 0 radical (unpaired) electrons. The zero-order valence-corrected chi connectivity index (χ0v) is 11.8. The second kappa shape index (κ2) is 6.82. The van der Waals surface area contributed by atoms with Crippen LogP contribution in [0.3, 0.4) is 0 Å². The van der Waals surface area contributed by atoms with E-state index in [-0.39, 0.29) is 12.4 Å². The van der Waals surface area contributed by atoms with Crippen LogP contribution in [0.5, 0.6) is 0 Å². The fraction of sp³-hybridized carbons (Fsp3) is 0.133. The number of guanidine groups is 1. The molecule has 3 N–H and O–H groups in total. The summed E-state index contributed by atoms with van der Waals surface area (Å²) in [5.41, 5.74) is 3.19. The third-order valence-electron chi connectivity index (χ3n) is 2.88. The van der Waals surface area contributed by atoms with Crippen molar-refractivity contribution in [1.82, 2.24) is 5.32 Å². The van der Waals surface area contributed by atoms with Crippen LogP contribution in [0, 0.1) is 0 Å². The van der Waals surface area contributed by atoms with Gasteiger partial charge in [0, 0.05) is 23.6 Å². The Labute approximate surface area is 124 Å². The molecule has 0 atom stereocenters. The highest BCUT2D eigenvalue weighted by molar-refractivity contribution is 5.94. The smallest absolute Gasteiger partial charge is 0.195 e. The van der Waals surface area contributed by atoms with Gasteiger partial charge in [-0.2, -0.15) is 0 Å². The molecule has 5 heteroatoms. The second-order valence-electron chi connectivity index (χ2n) is 4.35. The number of benzene rings is 2. The Kier molecular flexibility index (Phi) is 4.85. The molecule has 0 unspecified atom stereocenters. The van der Waals surface area contributed by atoms with Gasteiger partial charge in [0.25, 0.3) is 0 Å². The van der Waals surface area contributed by atoms with E-state index in [4.69, 9.17) is 0 Å². The molecule has 0 aromatic heterocycles. The van der Waals surface area contributed by atoms with Crippen molar-refractivity contribution in [2.24, 2.45) is 4.99 Å². The minimum atomic E-state index is 0. The molecule has 0 saturated heterocycles. The van der Waals surface area contributed by atoms with Crippen LogP contribution < -0.4 is 16.0 Å². The number of rotatable bonds is 3. The van der Waals surface area contributed by atoms with Crippen molar-refractivity contribution in [3.05, 3.63) is 54.6 Å². The SMILES string of the molecule is Cl.c1ccc(Nc2ccc(NC3=NCCN3)cc2)cc1. The number of aliphatic imine (C=N–C) groups is 1. The zero-order valence-electron chi connectivity index (χ0n) is 11.0. The first-order valence-corrected chi connectivity index (χ1v) is 6.38. The summed E-state index contributed by atoms with van der Waals surface area (Å²) in [6.45, 7) is 1.76. The summed E-state index contributed by atoms with van der Waals surface area (Å²) in [4.78, 5) is 4.30. The highest BCUT2D eigenvalue weighted by Crippen LogP contribution is 2.18. The number of anilines is 3. The van der Waals surface area contributed by atoms with Crippen molar-refractivity contribution in [2.45, 2.75) is 0 Å². The molecule has 20 heavy (non-hydrogen) atoms. The van der Waals surface area contributed by atoms with Gasteiger partial charge in [-0.05, 0) is 36.4 Å². The third kappa shape index (κ3) is 3.65. The number of nitrogens with zero attached hydrogens (tertiary/aromatic N) is 1. The van der Waals surface area contributed by atoms with Gasteiger partial charge in [0.15, 0.2) is 5.96 Å². The molecule has 2 aromatic carbocycles. The molecule has 0 amide bonds. The van der Waals surface area contributed by atoms with Crippen LogP contribution in [0.1, 0.15) is 0 Å². The molecule has 0 fully saturated rings. The van der Waals surface area contributed by atoms with Crippen LogP contribution in [0.25, 0.3) is 0 Å². The van der Waals surface area contributed by atoms with E-state index in [1.165, 1.54) is 0 Å². The molecule has 0 aliphatic carbocycles. The first kappa shape index (κ1) is 14.2. The van der Waals surface area contributed by atoms with Gasteiger partial charge in [-0.3, -0.25) is 4.99 Å². The number of para-hydroxylation sites is 1. The summed E-state index contributed by atoms with van der Waals surface area (Å²) < 4.78 is 0. The molecule has 104 valence electrons. The van der Waals surface area contributed by atoms with E-state index in [0.29, 0.717) is 0 Å². The van der Waals surface area contributed by atoms with Crippen LogP contribution in [0.2, 0.25) is 0 Å². The molecular formula is C15H17ClN4. The van der Waals surface area contributed by atoms with Gasteiger partial charge >= 0.3 is 0 Å². The average Bonchev–Trinajstić information content (AvgIpc) is 2.95. The van der Waals surface area contributed by atoms with Gasteiger partial charge in [0.05, 0.1) is 6.54 Å². The molecule has 1 aliphatic heterocycles. The highest BCUT2D eigenvalue weighted by atomic mass is 35.5. The molecule has 3 rings (SSSR count). The van der Waals surface area contributed by atoms with Crippen LogP contribution in [-0.2, 0) is 0 Å². The molecule has 2 aromatic rings. The Balaban J connectivity index is 0.00000147. The Morgan fingerprint density at radius 1 is 0.800 bits per heavy atom. The van der Waals surface area contributed by atoms with E-state index in [1.807, 2.05) is 54.6 Å². The van der Waals surface area contributed by atoms with Crippen LogP contribution >= 0.6 is 12.4 Å². The summed E-state index contributed by atoms with van der Waals surface area (Å²) in [6.07, 6.45) is 0. The van der Waals surface area contributed by atoms with E-state index in [2.05, 4.69) is 20.9 Å². The predicted octanol–water partition coefficient (Wildman–Crippen LogP) is 3.22. The Morgan fingerprint density at radius 3 is 2.00 bits per heavy atom. The normalized spacial score (nSPS) is 12.9. The summed E-state index contributed by atoms with van der Waals surface area (Å²) in [5, 5.41) is 9.78. The van der Waals surface area contributed by atoms with Crippen LogP contribution in [0.4, 0.5) is 17.1 Å². The lowest BCUT2D eigenvalue weighted by atomic mass is 10.2. The van der Waals surface area contributed by atoms with E-state index in [0.717, 1.165) is 36.1 Å². The molecule has 1 heterocycles. The van der Waals surface area contributed by atoms with E-state index in [1.54, 1.807) is 0 Å². The van der Waals surface area contributed by atoms with Crippen molar-refractivity contribution in [3.63, 3.8) is 0 Å². The molecule has 0 spiro atoms. The van der Waals surface area contributed by atoms with Gasteiger partial charge in [-0.15, -0.1) is 12.4 Å². The summed E-state index contributed by atoms with van der Waals surface area (Å²) in [6, 6.07) is 18.3. The molecular weight excluding hydrogens is 272 g/mol. The fourth-order valence-electron chi connectivity index (χ4n) is 1.94. The predicted molar refractivity (Wildman–Crippen MR) is 87.3 cm³/mol. The lowest BCUT2D eigenvalue weighted by molar-refractivity contribution is 0.959. The van der Waals surface area contributed by atoms with Gasteiger partial charge in [0.1, 0.15) is 0 Å². The molecule has 1 aliphatic rings. The second-order valence-corrected chi connectivity index (χ2v) is 4.35. The fourth-order valence-corrected chi connectivity index (χ4v) is 1.94. The minimum absolute atomic E-state index is 0. The Hall–Kier alpha value is -2.20. The van der Waals surface area contributed by atoms with E-state index >= 15 is 0 Å².